The van der Waals surface area contributed by atoms with Gasteiger partial charge in [-0.15, -0.1) is 10.2 Å². The van der Waals surface area contributed by atoms with Crippen LogP contribution in [-0.4, -0.2) is 31.4 Å². The molecule has 0 bridgehead atoms. The molecule has 0 unspecified atom stereocenters. The number of anilines is 1. The van der Waals surface area contributed by atoms with Crippen LogP contribution in [0, 0.1) is 0 Å². The van der Waals surface area contributed by atoms with E-state index in [0.29, 0.717) is 33.3 Å². The van der Waals surface area contributed by atoms with Gasteiger partial charge in [-0.05, 0) is 37.3 Å². The molecule has 1 aromatic carbocycles. The molecule has 0 radical (unpaired) electrons. The van der Waals surface area contributed by atoms with Crippen LogP contribution in [0.25, 0.3) is 11.4 Å². The van der Waals surface area contributed by atoms with Crippen molar-refractivity contribution in [3.8, 4) is 11.4 Å². The summed E-state index contributed by atoms with van der Waals surface area (Å²) in [6.07, 6.45) is 3.40. The number of rotatable bonds is 7. The van der Waals surface area contributed by atoms with Gasteiger partial charge in [0.2, 0.25) is 5.91 Å². The summed E-state index contributed by atoms with van der Waals surface area (Å²) in [5.41, 5.74) is 2.32. The molecule has 9 heteroatoms. The quantitative estimate of drug-likeness (QED) is 0.421. The van der Waals surface area contributed by atoms with Crippen LogP contribution in [0.2, 0.25) is 10.0 Å². The molecule has 0 atom stereocenters. The number of pyridine rings is 1. The summed E-state index contributed by atoms with van der Waals surface area (Å²) in [5.74, 6) is 0.628. The minimum Gasteiger partial charge on any atom is -0.324 e. The Kier molecular flexibility index (Phi) is 6.72. The van der Waals surface area contributed by atoms with E-state index in [-0.39, 0.29) is 11.7 Å². The third-order valence-corrected chi connectivity index (χ3v) is 5.15. The Morgan fingerprint density at radius 1 is 1.21 bits per heavy atom. The molecular formula is C19H17Cl2N5OS. The first kappa shape index (κ1) is 20.4. The van der Waals surface area contributed by atoms with E-state index in [2.05, 4.69) is 27.1 Å². The smallest absolute Gasteiger partial charge is 0.234 e. The third kappa shape index (κ3) is 5.13. The van der Waals surface area contributed by atoms with Gasteiger partial charge in [0.15, 0.2) is 11.0 Å². The van der Waals surface area contributed by atoms with Crippen LogP contribution in [0.3, 0.4) is 0 Å². The Morgan fingerprint density at radius 2 is 1.96 bits per heavy atom. The summed E-state index contributed by atoms with van der Waals surface area (Å²) in [6.45, 7) is 6.45. The van der Waals surface area contributed by atoms with Crippen molar-refractivity contribution in [2.45, 2.75) is 18.6 Å². The topological polar surface area (TPSA) is 72.7 Å². The van der Waals surface area contributed by atoms with Gasteiger partial charge in [0.1, 0.15) is 0 Å². The molecule has 1 amide bonds. The SMILES string of the molecule is C=C(C)Cn1c(SCC(=O)Nc2cc(Cl)ccc2Cl)nnc1-c1ccncc1. The number of benzene rings is 1. The zero-order valence-electron chi connectivity index (χ0n) is 15.0. The van der Waals surface area contributed by atoms with Gasteiger partial charge in [-0.3, -0.25) is 14.3 Å². The van der Waals surface area contributed by atoms with Crippen molar-refractivity contribution in [2.24, 2.45) is 0 Å². The van der Waals surface area contributed by atoms with Crippen LogP contribution >= 0.6 is 35.0 Å². The third-order valence-electron chi connectivity index (χ3n) is 3.62. The lowest BCUT2D eigenvalue weighted by Gasteiger charge is -2.10. The fourth-order valence-corrected chi connectivity index (χ4v) is 3.51. The molecular weight excluding hydrogens is 417 g/mol. The number of carbonyl (C=O) groups is 1. The summed E-state index contributed by atoms with van der Waals surface area (Å²) in [5, 5.41) is 12.8. The summed E-state index contributed by atoms with van der Waals surface area (Å²) in [6, 6.07) is 8.63. The number of aromatic nitrogens is 4. The minimum absolute atomic E-state index is 0.146. The number of amides is 1. The summed E-state index contributed by atoms with van der Waals surface area (Å²) >= 11 is 13.3. The maximum Gasteiger partial charge on any atom is 0.234 e. The van der Waals surface area contributed by atoms with Gasteiger partial charge in [0.25, 0.3) is 0 Å². The molecule has 3 aromatic rings. The number of thioether (sulfide) groups is 1. The van der Waals surface area contributed by atoms with E-state index in [1.165, 1.54) is 11.8 Å². The lowest BCUT2D eigenvalue weighted by molar-refractivity contribution is -0.113. The summed E-state index contributed by atoms with van der Waals surface area (Å²) in [7, 11) is 0. The number of nitrogens with one attached hydrogen (secondary N) is 1. The van der Waals surface area contributed by atoms with Gasteiger partial charge in [0, 0.05) is 29.5 Å². The van der Waals surface area contributed by atoms with Crippen LogP contribution in [0.4, 0.5) is 5.69 Å². The molecule has 28 heavy (non-hydrogen) atoms. The maximum atomic E-state index is 12.3. The van der Waals surface area contributed by atoms with E-state index < -0.39 is 0 Å². The molecule has 3 rings (SSSR count). The van der Waals surface area contributed by atoms with Crippen molar-refractivity contribution in [1.29, 1.82) is 0 Å². The van der Waals surface area contributed by atoms with Crippen molar-refractivity contribution in [3.05, 3.63) is 64.9 Å². The number of hydrogen-bond acceptors (Lipinski definition) is 5. The van der Waals surface area contributed by atoms with Crippen molar-refractivity contribution in [2.75, 3.05) is 11.1 Å². The van der Waals surface area contributed by atoms with Gasteiger partial charge >= 0.3 is 0 Å². The fourth-order valence-electron chi connectivity index (χ4n) is 2.43. The highest BCUT2D eigenvalue weighted by atomic mass is 35.5. The number of hydrogen-bond donors (Lipinski definition) is 1. The lowest BCUT2D eigenvalue weighted by Crippen LogP contribution is -2.15. The van der Waals surface area contributed by atoms with Gasteiger partial charge in [-0.25, -0.2) is 0 Å². The molecule has 0 aliphatic rings. The van der Waals surface area contributed by atoms with E-state index in [1.54, 1.807) is 30.6 Å². The van der Waals surface area contributed by atoms with Crippen LogP contribution in [0.1, 0.15) is 6.92 Å². The van der Waals surface area contributed by atoms with Gasteiger partial charge in [-0.1, -0.05) is 47.1 Å². The molecule has 1 N–H and O–H groups in total. The first-order valence-electron chi connectivity index (χ1n) is 8.29. The first-order chi connectivity index (χ1) is 13.4. The zero-order valence-corrected chi connectivity index (χ0v) is 17.4. The van der Waals surface area contributed by atoms with Gasteiger partial charge < -0.3 is 5.32 Å². The number of allylic oxidation sites excluding steroid dienone is 1. The summed E-state index contributed by atoms with van der Waals surface area (Å²) in [4.78, 5) is 16.4. The molecule has 2 aromatic heterocycles. The highest BCUT2D eigenvalue weighted by molar-refractivity contribution is 7.99. The predicted molar refractivity (Wildman–Crippen MR) is 114 cm³/mol. The van der Waals surface area contributed by atoms with Crippen LogP contribution in [0.5, 0.6) is 0 Å². The molecule has 0 aliphatic carbocycles. The van der Waals surface area contributed by atoms with Crippen molar-refractivity contribution in [1.82, 2.24) is 19.7 Å². The average Bonchev–Trinajstić information content (AvgIpc) is 3.05. The first-order valence-corrected chi connectivity index (χ1v) is 10.0. The minimum atomic E-state index is -0.218. The molecule has 0 fully saturated rings. The molecule has 6 nitrogen and oxygen atoms in total. The van der Waals surface area contributed by atoms with Crippen LogP contribution < -0.4 is 5.32 Å². The average molecular weight is 434 g/mol. The number of halogens is 2. The van der Waals surface area contributed by atoms with Gasteiger partial charge in [0.05, 0.1) is 16.5 Å². The Morgan fingerprint density at radius 3 is 2.68 bits per heavy atom. The molecule has 2 heterocycles. The summed E-state index contributed by atoms with van der Waals surface area (Å²) < 4.78 is 1.93. The van der Waals surface area contributed by atoms with Gasteiger partial charge in [-0.2, -0.15) is 0 Å². The molecule has 0 aliphatic heterocycles. The second-order valence-corrected chi connectivity index (χ2v) is 7.83. The van der Waals surface area contributed by atoms with E-state index in [1.807, 2.05) is 23.6 Å². The Balaban J connectivity index is 1.75. The van der Waals surface area contributed by atoms with Crippen molar-refractivity contribution < 1.29 is 4.79 Å². The van der Waals surface area contributed by atoms with E-state index in [9.17, 15) is 4.79 Å². The molecule has 0 saturated carbocycles. The fraction of sp³-hybridized carbons (Fsp3) is 0.158. The zero-order chi connectivity index (χ0) is 20.1. The van der Waals surface area contributed by atoms with E-state index >= 15 is 0 Å². The van der Waals surface area contributed by atoms with E-state index in [4.69, 9.17) is 23.2 Å². The lowest BCUT2D eigenvalue weighted by atomic mass is 10.2. The standard InChI is InChI=1S/C19H17Cl2N5OS/c1-12(2)10-26-18(13-5-7-22-8-6-13)24-25-19(26)28-11-17(27)23-16-9-14(20)3-4-15(16)21/h3-9H,1,10-11H2,2H3,(H,23,27). The van der Waals surface area contributed by atoms with Crippen LogP contribution in [0.15, 0.2) is 60.0 Å². The predicted octanol–water partition coefficient (Wildman–Crippen LogP) is 4.95. The molecule has 0 saturated heterocycles. The monoisotopic (exact) mass is 433 g/mol. The highest BCUT2D eigenvalue weighted by Gasteiger charge is 2.16. The van der Waals surface area contributed by atoms with E-state index in [0.717, 1.165) is 11.1 Å². The molecule has 144 valence electrons. The highest BCUT2D eigenvalue weighted by Crippen LogP contribution is 2.27. The number of nitrogens with zero attached hydrogens (tertiary/aromatic N) is 4. The second-order valence-electron chi connectivity index (χ2n) is 6.05. The largest absolute Gasteiger partial charge is 0.324 e. The Bertz CT molecular complexity index is 1010. The Labute approximate surface area is 177 Å². The normalized spacial score (nSPS) is 10.7. The van der Waals surface area contributed by atoms with Crippen molar-refractivity contribution in [3.63, 3.8) is 0 Å². The maximum absolute atomic E-state index is 12.3. The van der Waals surface area contributed by atoms with Crippen LogP contribution in [-0.2, 0) is 11.3 Å². The number of carbonyl (C=O) groups excluding carboxylic acids is 1. The Hall–Kier alpha value is -2.35. The van der Waals surface area contributed by atoms with Crippen molar-refractivity contribution >= 4 is 46.6 Å². The molecule has 0 spiro atoms. The second kappa shape index (κ2) is 9.23.